The van der Waals surface area contributed by atoms with Gasteiger partial charge >= 0.3 is 0 Å². The molecule has 1 aliphatic carbocycles. The van der Waals surface area contributed by atoms with Gasteiger partial charge in [-0.1, -0.05) is 11.6 Å². The van der Waals surface area contributed by atoms with Gasteiger partial charge in [0.15, 0.2) is 5.84 Å². The van der Waals surface area contributed by atoms with E-state index in [9.17, 15) is 14.4 Å². The number of carbonyl (C=O) groups excluding carboxylic acids is 1. The number of nitrogens with zero attached hydrogens (tertiary/aromatic N) is 3. The van der Waals surface area contributed by atoms with Crippen LogP contribution in [0.15, 0.2) is 79.6 Å². The van der Waals surface area contributed by atoms with Crippen molar-refractivity contribution in [3.8, 4) is 17.4 Å². The fourth-order valence-corrected chi connectivity index (χ4v) is 2.99. The van der Waals surface area contributed by atoms with Gasteiger partial charge in [-0.05, 0) is 54.6 Å². The molecule has 4 rings (SSSR count). The first kappa shape index (κ1) is 17.8. The smallest absolute Gasteiger partial charge is 0.260 e. The maximum absolute atomic E-state index is 13.1. The van der Waals surface area contributed by atoms with Crippen LogP contribution in [0.5, 0.6) is 0 Å². The minimum absolute atomic E-state index is 0.0227. The third kappa shape index (κ3) is 3.48. The highest BCUT2D eigenvalue weighted by Crippen LogP contribution is 2.26. The quantitative estimate of drug-likeness (QED) is 0.712. The SMILES string of the molecule is N#C/C(=C\c1ccc(-c2ccc(F)cc2)o1)C1=NC(=O)C2C=C(Cl)C=CC2=N1. The van der Waals surface area contributed by atoms with E-state index in [1.54, 1.807) is 42.5 Å². The summed E-state index contributed by atoms with van der Waals surface area (Å²) in [4.78, 5) is 20.5. The number of benzene rings is 1. The molecule has 0 saturated carbocycles. The second-order valence-corrected chi connectivity index (χ2v) is 6.49. The predicted octanol–water partition coefficient (Wildman–Crippen LogP) is 4.68. The number of amidine groups is 1. The van der Waals surface area contributed by atoms with E-state index in [1.165, 1.54) is 18.2 Å². The van der Waals surface area contributed by atoms with Gasteiger partial charge in [-0.3, -0.25) is 4.79 Å². The molecule has 1 atom stereocenters. The molecule has 2 heterocycles. The van der Waals surface area contributed by atoms with E-state index in [4.69, 9.17) is 16.0 Å². The van der Waals surface area contributed by atoms with Gasteiger partial charge in [-0.15, -0.1) is 0 Å². The standard InChI is InChI=1S/C21H11ClFN3O2/c22-14-3-7-18-17(10-14)21(27)26-20(25-18)13(11-24)9-16-6-8-19(28-16)12-1-4-15(23)5-2-12/h1-10,17H/b13-9+. The number of hydrogen-bond donors (Lipinski definition) is 0. The van der Waals surface area contributed by atoms with E-state index in [1.807, 2.05) is 6.07 Å². The molecule has 0 bridgehead atoms. The van der Waals surface area contributed by atoms with Crippen LogP contribution < -0.4 is 0 Å². The highest BCUT2D eigenvalue weighted by molar-refractivity contribution is 6.34. The molecule has 0 saturated heterocycles. The molecule has 5 nitrogen and oxygen atoms in total. The summed E-state index contributed by atoms with van der Waals surface area (Å²) in [6, 6.07) is 11.2. The fraction of sp³-hybridized carbons (Fsp3) is 0.0476. The molecular formula is C21H11ClFN3O2. The zero-order chi connectivity index (χ0) is 19.7. The Kier molecular flexibility index (Phi) is 4.60. The van der Waals surface area contributed by atoms with Crippen molar-refractivity contribution in [1.82, 2.24) is 0 Å². The Morgan fingerprint density at radius 1 is 1.18 bits per heavy atom. The van der Waals surface area contributed by atoms with E-state index >= 15 is 0 Å². The first-order valence-corrected chi connectivity index (χ1v) is 8.66. The summed E-state index contributed by atoms with van der Waals surface area (Å²) in [5.41, 5.74) is 1.27. The molecule has 1 aliphatic heterocycles. The number of carbonyl (C=O) groups is 1. The minimum Gasteiger partial charge on any atom is -0.457 e. The Labute approximate surface area is 164 Å². The summed E-state index contributed by atoms with van der Waals surface area (Å²) in [5, 5.41) is 9.94. The van der Waals surface area contributed by atoms with Crippen LogP contribution in [0.4, 0.5) is 4.39 Å². The Bertz CT molecular complexity index is 1160. The van der Waals surface area contributed by atoms with Gasteiger partial charge in [-0.2, -0.15) is 10.3 Å². The molecule has 2 aromatic rings. The van der Waals surface area contributed by atoms with Gasteiger partial charge < -0.3 is 4.42 Å². The lowest BCUT2D eigenvalue weighted by Crippen LogP contribution is -2.27. The van der Waals surface area contributed by atoms with E-state index < -0.39 is 11.8 Å². The normalized spacial score (nSPS) is 18.8. The van der Waals surface area contributed by atoms with Crippen molar-refractivity contribution in [2.24, 2.45) is 15.9 Å². The van der Waals surface area contributed by atoms with Gasteiger partial charge in [0, 0.05) is 16.7 Å². The summed E-state index contributed by atoms with van der Waals surface area (Å²) in [6.07, 6.45) is 6.29. The van der Waals surface area contributed by atoms with E-state index in [0.29, 0.717) is 27.8 Å². The van der Waals surface area contributed by atoms with Gasteiger partial charge in [0.1, 0.15) is 34.9 Å². The van der Waals surface area contributed by atoms with Crippen LogP contribution in [0.25, 0.3) is 17.4 Å². The second-order valence-electron chi connectivity index (χ2n) is 6.05. The summed E-state index contributed by atoms with van der Waals surface area (Å²) < 4.78 is 18.8. The molecule has 1 amide bonds. The number of rotatable bonds is 3. The third-order valence-corrected chi connectivity index (χ3v) is 4.43. The summed E-state index contributed by atoms with van der Waals surface area (Å²) in [6.45, 7) is 0. The van der Waals surface area contributed by atoms with Crippen LogP contribution in [0.1, 0.15) is 5.76 Å². The predicted molar refractivity (Wildman–Crippen MR) is 104 cm³/mol. The first-order chi connectivity index (χ1) is 13.5. The molecule has 1 unspecified atom stereocenters. The summed E-state index contributed by atoms with van der Waals surface area (Å²) >= 11 is 5.92. The summed E-state index contributed by atoms with van der Waals surface area (Å²) in [7, 11) is 0. The molecule has 0 N–H and O–H groups in total. The van der Waals surface area contributed by atoms with E-state index in [0.717, 1.165) is 0 Å². The average Bonchev–Trinajstić information content (AvgIpc) is 3.15. The van der Waals surface area contributed by atoms with Crippen molar-refractivity contribution in [3.63, 3.8) is 0 Å². The highest BCUT2D eigenvalue weighted by Gasteiger charge is 2.29. The maximum atomic E-state index is 13.1. The molecule has 0 spiro atoms. The monoisotopic (exact) mass is 391 g/mol. The third-order valence-electron chi connectivity index (χ3n) is 4.18. The lowest BCUT2D eigenvalue weighted by atomic mass is 9.96. The number of allylic oxidation sites excluding steroid dienone is 3. The largest absolute Gasteiger partial charge is 0.457 e. The first-order valence-electron chi connectivity index (χ1n) is 8.28. The molecule has 1 aromatic heterocycles. The number of hydrogen-bond acceptors (Lipinski definition) is 4. The van der Waals surface area contributed by atoms with Gasteiger partial charge in [0.2, 0.25) is 0 Å². The van der Waals surface area contributed by atoms with Crippen molar-refractivity contribution in [1.29, 1.82) is 5.26 Å². The van der Waals surface area contributed by atoms with E-state index in [-0.39, 0.29) is 17.2 Å². The van der Waals surface area contributed by atoms with Crippen LogP contribution in [-0.4, -0.2) is 17.5 Å². The topological polar surface area (TPSA) is 78.7 Å². The van der Waals surface area contributed by atoms with Crippen molar-refractivity contribution in [3.05, 3.63) is 76.8 Å². The molecule has 0 radical (unpaired) electrons. The van der Waals surface area contributed by atoms with Gasteiger partial charge in [-0.25, -0.2) is 9.38 Å². The van der Waals surface area contributed by atoms with Crippen LogP contribution in [0.2, 0.25) is 0 Å². The lowest BCUT2D eigenvalue weighted by Gasteiger charge is -2.18. The number of amides is 1. The van der Waals surface area contributed by atoms with Crippen LogP contribution in [0, 0.1) is 23.1 Å². The van der Waals surface area contributed by atoms with Crippen molar-refractivity contribution >= 4 is 35.1 Å². The van der Waals surface area contributed by atoms with E-state index in [2.05, 4.69) is 9.98 Å². The van der Waals surface area contributed by atoms with Crippen LogP contribution in [0.3, 0.4) is 0 Å². The number of fused-ring (bicyclic) bond motifs is 1. The van der Waals surface area contributed by atoms with Crippen LogP contribution in [-0.2, 0) is 4.79 Å². The molecule has 2 aliphatic rings. The van der Waals surface area contributed by atoms with Crippen LogP contribution >= 0.6 is 11.6 Å². The molecule has 0 fully saturated rings. The number of furan rings is 1. The molecule has 136 valence electrons. The molecule has 28 heavy (non-hydrogen) atoms. The Hall–Kier alpha value is -3.56. The zero-order valence-electron chi connectivity index (χ0n) is 14.3. The van der Waals surface area contributed by atoms with Crippen molar-refractivity contribution in [2.75, 3.05) is 0 Å². The Balaban J connectivity index is 1.64. The second kappa shape index (κ2) is 7.22. The lowest BCUT2D eigenvalue weighted by molar-refractivity contribution is -0.118. The van der Waals surface area contributed by atoms with Gasteiger partial charge in [0.25, 0.3) is 5.91 Å². The number of nitriles is 1. The molecular weight excluding hydrogens is 381 g/mol. The Morgan fingerprint density at radius 3 is 2.71 bits per heavy atom. The highest BCUT2D eigenvalue weighted by atomic mass is 35.5. The van der Waals surface area contributed by atoms with Gasteiger partial charge in [0.05, 0.1) is 5.71 Å². The minimum atomic E-state index is -0.630. The number of halogens is 2. The summed E-state index contributed by atoms with van der Waals surface area (Å²) in [5.74, 6) is -0.478. The molecule has 1 aromatic carbocycles. The average molecular weight is 392 g/mol. The maximum Gasteiger partial charge on any atom is 0.260 e. The van der Waals surface area contributed by atoms with Crippen molar-refractivity contribution in [2.45, 2.75) is 0 Å². The molecule has 7 heteroatoms. The zero-order valence-corrected chi connectivity index (χ0v) is 15.0. The van der Waals surface area contributed by atoms with Crippen molar-refractivity contribution < 1.29 is 13.6 Å². The number of aliphatic imine (C=N–C) groups is 2. The Morgan fingerprint density at radius 2 is 1.96 bits per heavy atom. The fourth-order valence-electron chi connectivity index (χ4n) is 2.80.